The number of benzene rings is 2. The Morgan fingerprint density at radius 2 is 1.41 bits per heavy atom. The van der Waals surface area contributed by atoms with Crippen molar-refractivity contribution in [2.24, 2.45) is 0 Å². The van der Waals surface area contributed by atoms with Gasteiger partial charge in [0, 0.05) is 0 Å². The monoisotopic (exact) mass is 230 g/mol. The van der Waals surface area contributed by atoms with Crippen LogP contribution in [-0.2, 0) is 0 Å². The lowest BCUT2D eigenvalue weighted by Gasteiger charge is -2.11. The summed E-state index contributed by atoms with van der Waals surface area (Å²) in [6.07, 6.45) is -2.29. The van der Waals surface area contributed by atoms with Crippen molar-refractivity contribution in [3.05, 3.63) is 60.2 Å². The van der Waals surface area contributed by atoms with Gasteiger partial charge in [0.15, 0.2) is 6.17 Å². The summed E-state index contributed by atoms with van der Waals surface area (Å²) in [5.41, 5.74) is 2.67. The van der Waals surface area contributed by atoms with Gasteiger partial charge in [-0.05, 0) is 23.6 Å². The van der Waals surface area contributed by atoms with Crippen LogP contribution in [0.2, 0.25) is 0 Å². The predicted molar refractivity (Wildman–Crippen MR) is 67.4 cm³/mol. The molecular weight excluding hydrogens is 215 g/mol. The minimum Gasteiger partial charge on any atom is -0.390 e. The van der Waals surface area contributed by atoms with Crippen molar-refractivity contribution in [1.82, 2.24) is 0 Å². The Morgan fingerprint density at radius 1 is 0.882 bits per heavy atom. The van der Waals surface area contributed by atoms with Gasteiger partial charge in [0.25, 0.3) is 0 Å². The van der Waals surface area contributed by atoms with Crippen molar-refractivity contribution in [2.45, 2.75) is 19.2 Å². The second kappa shape index (κ2) is 5.11. The highest BCUT2D eigenvalue weighted by molar-refractivity contribution is 5.63. The van der Waals surface area contributed by atoms with Crippen LogP contribution in [0.5, 0.6) is 0 Å². The standard InChI is InChI=1S/C15H15FO/c1-11(17)15(16)14-9-7-13(8-10-14)12-5-3-2-4-6-12/h2-11,15,17H,1H3/t11-,15+/m1/s1. The largest absolute Gasteiger partial charge is 0.390 e. The van der Waals surface area contributed by atoms with Crippen LogP contribution < -0.4 is 0 Å². The van der Waals surface area contributed by atoms with Crippen LogP contribution in [0.1, 0.15) is 18.7 Å². The average Bonchev–Trinajstić information content (AvgIpc) is 2.39. The van der Waals surface area contributed by atoms with Gasteiger partial charge in [0.2, 0.25) is 0 Å². The van der Waals surface area contributed by atoms with E-state index in [2.05, 4.69) is 0 Å². The van der Waals surface area contributed by atoms with Crippen LogP contribution in [0.15, 0.2) is 54.6 Å². The summed E-state index contributed by atoms with van der Waals surface area (Å²) >= 11 is 0. The smallest absolute Gasteiger partial charge is 0.151 e. The summed E-state index contributed by atoms with van der Waals surface area (Å²) in [5, 5.41) is 9.19. The van der Waals surface area contributed by atoms with Crippen LogP contribution in [-0.4, -0.2) is 11.2 Å². The molecule has 0 amide bonds. The molecule has 2 atom stereocenters. The van der Waals surface area contributed by atoms with Gasteiger partial charge >= 0.3 is 0 Å². The number of hydrogen-bond acceptors (Lipinski definition) is 1. The molecule has 0 saturated carbocycles. The molecule has 0 radical (unpaired) electrons. The Balaban J connectivity index is 2.25. The number of alkyl halides is 1. The zero-order chi connectivity index (χ0) is 12.3. The first-order chi connectivity index (χ1) is 8.18. The van der Waals surface area contributed by atoms with Gasteiger partial charge in [-0.15, -0.1) is 0 Å². The molecule has 88 valence electrons. The van der Waals surface area contributed by atoms with Crippen LogP contribution in [0.25, 0.3) is 11.1 Å². The summed E-state index contributed by atoms with van der Waals surface area (Å²) in [7, 11) is 0. The van der Waals surface area contributed by atoms with Gasteiger partial charge in [0.1, 0.15) is 0 Å². The number of hydrogen-bond donors (Lipinski definition) is 1. The minimum absolute atomic E-state index is 0.514. The van der Waals surface area contributed by atoms with Crippen molar-refractivity contribution >= 4 is 0 Å². The Hall–Kier alpha value is -1.67. The third-order valence-corrected chi connectivity index (χ3v) is 2.76. The van der Waals surface area contributed by atoms with E-state index in [-0.39, 0.29) is 0 Å². The van der Waals surface area contributed by atoms with Crippen molar-refractivity contribution in [2.75, 3.05) is 0 Å². The molecule has 0 saturated heterocycles. The quantitative estimate of drug-likeness (QED) is 0.851. The molecule has 0 aromatic heterocycles. The molecule has 0 heterocycles. The highest BCUT2D eigenvalue weighted by atomic mass is 19.1. The summed E-state index contributed by atoms with van der Waals surface area (Å²) in [6.45, 7) is 1.45. The highest BCUT2D eigenvalue weighted by Crippen LogP contribution is 2.25. The fraction of sp³-hybridized carbons (Fsp3) is 0.200. The van der Waals surface area contributed by atoms with Gasteiger partial charge in [-0.1, -0.05) is 54.6 Å². The summed E-state index contributed by atoms with van der Waals surface area (Å²) in [6, 6.07) is 17.1. The molecule has 0 aliphatic rings. The first-order valence-corrected chi connectivity index (χ1v) is 5.66. The summed E-state index contributed by atoms with van der Waals surface area (Å²) < 4.78 is 13.5. The highest BCUT2D eigenvalue weighted by Gasteiger charge is 2.15. The van der Waals surface area contributed by atoms with Crippen molar-refractivity contribution in [3.8, 4) is 11.1 Å². The van der Waals surface area contributed by atoms with Gasteiger partial charge in [-0.3, -0.25) is 0 Å². The molecule has 1 N–H and O–H groups in total. The zero-order valence-electron chi connectivity index (χ0n) is 9.68. The Kier molecular flexibility index (Phi) is 3.55. The Morgan fingerprint density at radius 3 is 1.94 bits per heavy atom. The molecule has 0 aliphatic carbocycles. The van der Waals surface area contributed by atoms with Gasteiger partial charge < -0.3 is 5.11 Å². The van der Waals surface area contributed by atoms with Crippen molar-refractivity contribution < 1.29 is 9.50 Å². The molecule has 17 heavy (non-hydrogen) atoms. The van der Waals surface area contributed by atoms with Crippen LogP contribution >= 0.6 is 0 Å². The lowest BCUT2D eigenvalue weighted by Crippen LogP contribution is -2.09. The zero-order valence-corrected chi connectivity index (χ0v) is 9.68. The summed E-state index contributed by atoms with van der Waals surface area (Å²) in [4.78, 5) is 0. The molecule has 0 fully saturated rings. The first-order valence-electron chi connectivity index (χ1n) is 5.66. The molecular formula is C15H15FO. The molecule has 0 bridgehead atoms. The van der Waals surface area contributed by atoms with Crippen LogP contribution in [0, 0.1) is 0 Å². The van der Waals surface area contributed by atoms with Crippen LogP contribution in [0.4, 0.5) is 4.39 Å². The number of rotatable bonds is 3. The first kappa shape index (κ1) is 11.8. The van der Waals surface area contributed by atoms with E-state index in [0.29, 0.717) is 5.56 Å². The molecule has 0 unspecified atom stereocenters. The lowest BCUT2D eigenvalue weighted by molar-refractivity contribution is 0.0933. The lowest BCUT2D eigenvalue weighted by atomic mass is 10.0. The SMILES string of the molecule is C[C@@H](O)[C@H](F)c1ccc(-c2ccccc2)cc1. The Labute approximate surface area is 101 Å². The molecule has 2 aromatic rings. The fourth-order valence-corrected chi connectivity index (χ4v) is 1.77. The van der Waals surface area contributed by atoms with Gasteiger partial charge in [-0.2, -0.15) is 0 Å². The maximum atomic E-state index is 13.5. The molecule has 2 heteroatoms. The third kappa shape index (κ3) is 2.71. The average molecular weight is 230 g/mol. The maximum Gasteiger partial charge on any atom is 0.151 e. The van der Waals surface area contributed by atoms with E-state index in [1.54, 1.807) is 12.1 Å². The van der Waals surface area contributed by atoms with E-state index in [4.69, 9.17) is 0 Å². The van der Waals surface area contributed by atoms with E-state index >= 15 is 0 Å². The fourth-order valence-electron chi connectivity index (χ4n) is 1.77. The van der Waals surface area contributed by atoms with Gasteiger partial charge in [-0.25, -0.2) is 4.39 Å². The number of aliphatic hydroxyl groups is 1. The topological polar surface area (TPSA) is 20.2 Å². The van der Waals surface area contributed by atoms with Crippen molar-refractivity contribution in [3.63, 3.8) is 0 Å². The molecule has 1 nitrogen and oxygen atoms in total. The number of halogens is 1. The molecule has 0 aliphatic heterocycles. The maximum absolute atomic E-state index is 13.5. The van der Waals surface area contributed by atoms with E-state index in [1.807, 2.05) is 42.5 Å². The van der Waals surface area contributed by atoms with E-state index in [1.165, 1.54) is 6.92 Å². The second-order valence-corrected chi connectivity index (χ2v) is 4.13. The molecule has 0 spiro atoms. The normalized spacial score (nSPS) is 14.3. The molecule has 2 rings (SSSR count). The third-order valence-electron chi connectivity index (χ3n) is 2.76. The number of aliphatic hydroxyl groups excluding tert-OH is 1. The van der Waals surface area contributed by atoms with Gasteiger partial charge in [0.05, 0.1) is 6.10 Å². The Bertz CT molecular complexity index is 462. The predicted octanol–water partition coefficient (Wildman–Crippen LogP) is 3.75. The second-order valence-electron chi connectivity index (χ2n) is 4.13. The van der Waals surface area contributed by atoms with Crippen molar-refractivity contribution in [1.29, 1.82) is 0 Å². The van der Waals surface area contributed by atoms with E-state index in [0.717, 1.165) is 11.1 Å². The van der Waals surface area contributed by atoms with Crippen LogP contribution in [0.3, 0.4) is 0 Å². The van der Waals surface area contributed by atoms with E-state index in [9.17, 15) is 9.50 Å². The minimum atomic E-state index is -1.32. The summed E-state index contributed by atoms with van der Waals surface area (Å²) in [5.74, 6) is 0. The molecule has 2 aromatic carbocycles. The van der Waals surface area contributed by atoms with E-state index < -0.39 is 12.3 Å².